The summed E-state index contributed by atoms with van der Waals surface area (Å²) < 4.78 is 66.4. The molecular formula is C27H27F4N4OPt-3. The maximum atomic E-state index is 15.0. The van der Waals surface area contributed by atoms with Crippen LogP contribution in [0.3, 0.4) is 0 Å². The van der Waals surface area contributed by atoms with E-state index in [1.54, 1.807) is 13.8 Å². The normalized spacial score (nSPS) is 12.4. The van der Waals surface area contributed by atoms with Gasteiger partial charge in [0.05, 0.1) is 0 Å². The van der Waals surface area contributed by atoms with Gasteiger partial charge in [-0.05, 0) is 23.2 Å². The van der Waals surface area contributed by atoms with Gasteiger partial charge in [-0.25, -0.2) is 0 Å². The van der Waals surface area contributed by atoms with Crippen molar-refractivity contribution in [3.63, 3.8) is 0 Å². The van der Waals surface area contributed by atoms with Gasteiger partial charge in [0.2, 0.25) is 11.8 Å². The van der Waals surface area contributed by atoms with Crippen LogP contribution >= 0.6 is 0 Å². The number of benzene rings is 2. The molecule has 0 amide bonds. The van der Waals surface area contributed by atoms with Crippen LogP contribution in [0, 0.1) is 42.8 Å². The van der Waals surface area contributed by atoms with Crippen molar-refractivity contribution in [2.24, 2.45) is 0 Å². The number of ether oxygens (including phenoxy) is 1. The van der Waals surface area contributed by atoms with Gasteiger partial charge in [-0.2, -0.15) is 12.1 Å². The fourth-order valence-corrected chi connectivity index (χ4v) is 3.74. The van der Waals surface area contributed by atoms with Gasteiger partial charge in [-0.15, -0.1) is 22.3 Å². The van der Waals surface area contributed by atoms with E-state index in [0.29, 0.717) is 12.8 Å². The molecule has 0 aliphatic carbocycles. The molecule has 4 rings (SSSR count). The Balaban J connectivity index is 0.00000241. The maximum absolute atomic E-state index is 15.0. The minimum absolute atomic E-state index is 0. The average Bonchev–Trinajstić information content (AvgIpc) is 3.49. The Bertz CT molecular complexity index is 1250. The molecule has 202 valence electrons. The molecule has 0 radical (unpaired) electrons. The Morgan fingerprint density at radius 3 is 1.51 bits per heavy atom. The third-order valence-corrected chi connectivity index (χ3v) is 6.08. The second-order valence-corrected chi connectivity index (χ2v) is 8.34. The zero-order valence-electron chi connectivity index (χ0n) is 21.1. The van der Waals surface area contributed by atoms with Crippen molar-refractivity contribution in [1.29, 1.82) is 0 Å². The molecule has 4 aromatic rings. The molecule has 0 aliphatic heterocycles. The second kappa shape index (κ2) is 12.5. The van der Waals surface area contributed by atoms with Gasteiger partial charge in [-0.3, -0.25) is 26.9 Å². The Hall–Kier alpha value is -2.93. The molecule has 2 heterocycles. The summed E-state index contributed by atoms with van der Waals surface area (Å²) in [5.41, 5.74) is -0.120. The van der Waals surface area contributed by atoms with Crippen LogP contribution in [0.15, 0.2) is 36.7 Å². The molecule has 37 heavy (non-hydrogen) atoms. The minimum atomic E-state index is -0.738. The predicted molar refractivity (Wildman–Crippen MR) is 129 cm³/mol. The number of hydrogen-bond acceptors (Lipinski definition) is 3. The number of rotatable bonds is 8. The fraction of sp³-hybridized carbons (Fsp3) is 0.296. The molecule has 2 aromatic heterocycles. The van der Waals surface area contributed by atoms with Crippen LogP contribution in [0.4, 0.5) is 17.6 Å². The number of nitrogens with zero attached hydrogens (tertiary/aromatic N) is 4. The third-order valence-electron chi connectivity index (χ3n) is 6.08. The smallest absolute Gasteiger partial charge is 0.240 e. The number of aromatic nitrogens is 4. The molecule has 5 nitrogen and oxygen atoms in total. The third kappa shape index (κ3) is 5.98. The Morgan fingerprint density at radius 2 is 1.16 bits per heavy atom. The van der Waals surface area contributed by atoms with Gasteiger partial charge >= 0.3 is 0 Å². The SMILES string of the molecule is CCC(C)c1c(F)c[c-]c(-n2ccc(Oc3ccn(-c4[c-]cc(F)c(C(C)CC)c4F)n3)n2)c1F.[CH3-].[Pt]. The van der Waals surface area contributed by atoms with E-state index >= 15 is 8.78 Å². The topological polar surface area (TPSA) is 44.9 Å². The van der Waals surface area contributed by atoms with Crippen molar-refractivity contribution in [1.82, 2.24) is 19.6 Å². The first-order valence-corrected chi connectivity index (χ1v) is 11.3. The number of hydrogen-bond donors (Lipinski definition) is 0. The summed E-state index contributed by atoms with van der Waals surface area (Å²) in [4.78, 5) is 0. The van der Waals surface area contributed by atoms with E-state index < -0.39 is 23.3 Å². The van der Waals surface area contributed by atoms with Crippen molar-refractivity contribution >= 4 is 0 Å². The number of halogens is 4. The average molecular weight is 695 g/mol. The largest absolute Gasteiger partial charge is 0.417 e. The summed E-state index contributed by atoms with van der Waals surface area (Å²) in [7, 11) is 0. The van der Waals surface area contributed by atoms with Crippen molar-refractivity contribution in [3.8, 4) is 23.1 Å². The van der Waals surface area contributed by atoms with Crippen LogP contribution in [0.2, 0.25) is 0 Å². The molecular weight excluding hydrogens is 667 g/mol. The molecule has 10 heteroatoms. The molecule has 0 saturated carbocycles. The zero-order valence-corrected chi connectivity index (χ0v) is 23.3. The summed E-state index contributed by atoms with van der Waals surface area (Å²) in [5.74, 6) is -3.25. The first kappa shape index (κ1) is 30.3. The first-order valence-electron chi connectivity index (χ1n) is 11.3. The summed E-state index contributed by atoms with van der Waals surface area (Å²) >= 11 is 0. The van der Waals surface area contributed by atoms with Gasteiger partial charge in [-0.1, -0.05) is 51.7 Å². The first-order chi connectivity index (χ1) is 16.7. The van der Waals surface area contributed by atoms with Crippen LogP contribution in [0.25, 0.3) is 11.4 Å². The van der Waals surface area contributed by atoms with Gasteiger partial charge < -0.3 is 12.2 Å². The second-order valence-electron chi connectivity index (χ2n) is 8.34. The Kier molecular flexibility index (Phi) is 10.3. The predicted octanol–water partition coefficient (Wildman–Crippen LogP) is 7.48. The molecule has 2 atom stereocenters. The van der Waals surface area contributed by atoms with Gasteiger partial charge in [0.25, 0.3) is 0 Å². The van der Waals surface area contributed by atoms with E-state index in [2.05, 4.69) is 22.3 Å². The molecule has 0 bridgehead atoms. The van der Waals surface area contributed by atoms with Crippen molar-refractivity contribution < 1.29 is 43.4 Å². The summed E-state index contributed by atoms with van der Waals surface area (Å²) in [6, 6.07) is 10.3. The van der Waals surface area contributed by atoms with E-state index in [-0.39, 0.29) is 74.6 Å². The van der Waals surface area contributed by atoms with E-state index in [1.807, 2.05) is 13.8 Å². The Morgan fingerprint density at radius 1 is 0.784 bits per heavy atom. The van der Waals surface area contributed by atoms with Crippen LogP contribution < -0.4 is 4.74 Å². The van der Waals surface area contributed by atoms with Crippen molar-refractivity contribution in [3.05, 3.63) is 90.6 Å². The van der Waals surface area contributed by atoms with Crippen molar-refractivity contribution in [2.45, 2.75) is 52.4 Å². The van der Waals surface area contributed by atoms with Crippen LogP contribution in [-0.4, -0.2) is 19.6 Å². The van der Waals surface area contributed by atoms with Crippen LogP contribution in [0.5, 0.6) is 11.8 Å². The van der Waals surface area contributed by atoms with Crippen LogP contribution in [0.1, 0.15) is 63.5 Å². The zero-order chi connectivity index (χ0) is 25.3. The Labute approximate surface area is 228 Å². The summed E-state index contributed by atoms with van der Waals surface area (Å²) in [6.45, 7) is 7.18. The van der Waals surface area contributed by atoms with Gasteiger partial charge in [0, 0.05) is 68.9 Å². The minimum Gasteiger partial charge on any atom is -0.417 e. The standard InChI is InChI=1S/C26H24F4N4O.CH3.Pt/c1-5-15(3)23-17(27)7-9-19(25(23)29)33-13-11-21(31-33)35-22-12-14-34(32-22)20-10-8-18(28)24(26(20)30)16(4)6-2;;/h7-8,11-16H,5-6H2,1-4H3;1H3;/q-2;-1;. The monoisotopic (exact) mass is 694 g/mol. The van der Waals surface area contributed by atoms with E-state index in [4.69, 9.17) is 4.74 Å². The molecule has 2 aromatic carbocycles. The van der Waals surface area contributed by atoms with Crippen molar-refractivity contribution in [2.75, 3.05) is 0 Å². The van der Waals surface area contributed by atoms with Gasteiger partial charge in [0.15, 0.2) is 0 Å². The molecule has 0 fully saturated rings. The fourth-order valence-electron chi connectivity index (χ4n) is 3.74. The van der Waals surface area contributed by atoms with E-state index in [9.17, 15) is 8.78 Å². The summed E-state index contributed by atoms with van der Waals surface area (Å²) in [6.07, 6.45) is 4.04. The van der Waals surface area contributed by atoms with Gasteiger partial charge in [0.1, 0.15) is 0 Å². The quantitative estimate of drug-likeness (QED) is 0.142. The molecule has 0 saturated heterocycles. The summed E-state index contributed by atoms with van der Waals surface area (Å²) in [5, 5.41) is 8.34. The maximum Gasteiger partial charge on any atom is 0.240 e. The van der Waals surface area contributed by atoms with E-state index in [1.165, 1.54) is 33.9 Å². The van der Waals surface area contributed by atoms with E-state index in [0.717, 1.165) is 12.1 Å². The molecule has 0 spiro atoms. The van der Waals surface area contributed by atoms with Crippen LogP contribution in [-0.2, 0) is 21.1 Å². The molecule has 0 N–H and O–H groups in total. The molecule has 0 aliphatic rings. The molecule has 2 unspecified atom stereocenters.